The lowest BCUT2D eigenvalue weighted by Crippen LogP contribution is -2.36. The van der Waals surface area contributed by atoms with Crippen LogP contribution in [-0.2, 0) is 9.59 Å². The summed E-state index contributed by atoms with van der Waals surface area (Å²) in [6.07, 6.45) is 0. The molecule has 5 nitrogen and oxygen atoms in total. The zero-order valence-corrected chi connectivity index (χ0v) is 12.9. The molecule has 0 aliphatic rings. The molecule has 0 heterocycles. The number of halogens is 1. The number of amides is 2. The molecule has 0 saturated heterocycles. The number of nitrogens with one attached hydrogen (secondary N) is 1. The van der Waals surface area contributed by atoms with Crippen LogP contribution in [0, 0.1) is 5.82 Å². The molecule has 6 heteroatoms. The van der Waals surface area contributed by atoms with Gasteiger partial charge in [-0.3, -0.25) is 9.59 Å². The van der Waals surface area contributed by atoms with Gasteiger partial charge in [0.05, 0.1) is 7.11 Å². The minimum atomic E-state index is -0.383. The first-order valence-electron chi connectivity index (χ1n) is 6.97. The molecule has 0 fully saturated rings. The lowest BCUT2D eigenvalue weighted by molar-refractivity contribution is -0.120. The zero-order valence-electron chi connectivity index (χ0n) is 12.9. The molecule has 2 aromatic carbocycles. The van der Waals surface area contributed by atoms with Crippen molar-refractivity contribution in [2.75, 3.05) is 23.9 Å². The zero-order chi connectivity index (χ0) is 16.8. The molecular formula is C17H17FN2O3. The second kappa shape index (κ2) is 7.40. The summed E-state index contributed by atoms with van der Waals surface area (Å²) in [6, 6.07) is 12.2. The number of anilines is 2. The fraction of sp³-hybridized carbons (Fsp3) is 0.176. The van der Waals surface area contributed by atoms with Gasteiger partial charge in [0.1, 0.15) is 18.1 Å². The molecule has 0 bridgehead atoms. The molecule has 2 aromatic rings. The number of benzene rings is 2. The summed E-state index contributed by atoms with van der Waals surface area (Å²) in [4.78, 5) is 25.2. The maximum Gasteiger partial charge on any atom is 0.244 e. The van der Waals surface area contributed by atoms with Crippen LogP contribution in [0.2, 0.25) is 0 Å². The van der Waals surface area contributed by atoms with Crippen molar-refractivity contribution in [3.8, 4) is 5.75 Å². The van der Waals surface area contributed by atoms with Crippen LogP contribution in [-0.4, -0.2) is 25.5 Å². The first-order valence-corrected chi connectivity index (χ1v) is 6.97. The molecule has 0 spiro atoms. The van der Waals surface area contributed by atoms with E-state index in [-0.39, 0.29) is 24.2 Å². The Morgan fingerprint density at radius 3 is 2.22 bits per heavy atom. The third-order valence-electron chi connectivity index (χ3n) is 3.19. The summed E-state index contributed by atoms with van der Waals surface area (Å²) in [7, 11) is 1.55. The number of carbonyl (C=O) groups is 2. The summed E-state index contributed by atoms with van der Waals surface area (Å²) >= 11 is 0. The van der Waals surface area contributed by atoms with Gasteiger partial charge < -0.3 is 15.0 Å². The van der Waals surface area contributed by atoms with Gasteiger partial charge in [-0.15, -0.1) is 0 Å². The predicted octanol–water partition coefficient (Wildman–Crippen LogP) is 2.83. The summed E-state index contributed by atoms with van der Waals surface area (Å²) in [5, 5.41) is 2.62. The molecule has 2 amide bonds. The van der Waals surface area contributed by atoms with Gasteiger partial charge in [-0.05, 0) is 48.5 Å². The molecule has 0 atom stereocenters. The number of ether oxygens (including phenoxy) is 1. The SMILES string of the molecule is COc1ccc(N(CC(=O)Nc2ccc(F)cc2)C(C)=O)cc1. The summed E-state index contributed by atoms with van der Waals surface area (Å²) < 4.78 is 17.9. The lowest BCUT2D eigenvalue weighted by atomic mass is 10.2. The quantitative estimate of drug-likeness (QED) is 0.923. The molecule has 23 heavy (non-hydrogen) atoms. The lowest BCUT2D eigenvalue weighted by Gasteiger charge is -2.21. The number of methoxy groups -OCH3 is 1. The number of hydrogen-bond donors (Lipinski definition) is 1. The molecule has 0 aromatic heterocycles. The van der Waals surface area contributed by atoms with Gasteiger partial charge in [-0.2, -0.15) is 0 Å². The maximum absolute atomic E-state index is 12.8. The third-order valence-corrected chi connectivity index (χ3v) is 3.19. The van der Waals surface area contributed by atoms with Gasteiger partial charge in [-0.1, -0.05) is 0 Å². The van der Waals surface area contributed by atoms with Crippen molar-refractivity contribution in [1.82, 2.24) is 0 Å². The highest BCUT2D eigenvalue weighted by Crippen LogP contribution is 2.19. The number of carbonyl (C=O) groups excluding carboxylic acids is 2. The molecule has 0 saturated carbocycles. The van der Waals surface area contributed by atoms with Gasteiger partial charge in [0.2, 0.25) is 11.8 Å². The Morgan fingerprint density at radius 2 is 1.70 bits per heavy atom. The first-order chi connectivity index (χ1) is 11.0. The van der Waals surface area contributed by atoms with E-state index in [9.17, 15) is 14.0 Å². The highest BCUT2D eigenvalue weighted by atomic mass is 19.1. The van der Waals surface area contributed by atoms with Crippen molar-refractivity contribution in [1.29, 1.82) is 0 Å². The van der Waals surface area contributed by atoms with E-state index in [4.69, 9.17) is 4.74 Å². The molecule has 120 valence electrons. The Kier molecular flexibility index (Phi) is 5.30. The minimum Gasteiger partial charge on any atom is -0.497 e. The smallest absolute Gasteiger partial charge is 0.244 e. The van der Waals surface area contributed by atoms with Gasteiger partial charge in [0.15, 0.2) is 0 Å². The molecule has 2 rings (SSSR count). The number of nitrogens with zero attached hydrogens (tertiary/aromatic N) is 1. The van der Waals surface area contributed by atoms with Crippen molar-refractivity contribution in [2.45, 2.75) is 6.92 Å². The predicted molar refractivity (Wildman–Crippen MR) is 86.1 cm³/mol. The van der Waals surface area contributed by atoms with Gasteiger partial charge in [0, 0.05) is 18.3 Å². The van der Waals surface area contributed by atoms with Crippen LogP contribution >= 0.6 is 0 Å². The molecular weight excluding hydrogens is 299 g/mol. The molecule has 0 unspecified atom stereocenters. The average Bonchev–Trinajstić information content (AvgIpc) is 2.55. The van der Waals surface area contributed by atoms with Crippen LogP contribution in [0.25, 0.3) is 0 Å². The van der Waals surface area contributed by atoms with Crippen molar-refractivity contribution >= 4 is 23.2 Å². The summed E-state index contributed by atoms with van der Waals surface area (Å²) in [5.74, 6) is -0.355. The van der Waals surface area contributed by atoms with Gasteiger partial charge >= 0.3 is 0 Å². The van der Waals surface area contributed by atoms with E-state index in [1.807, 2.05) is 0 Å². The number of rotatable bonds is 5. The van der Waals surface area contributed by atoms with Crippen LogP contribution < -0.4 is 15.0 Å². The topological polar surface area (TPSA) is 58.6 Å². The van der Waals surface area contributed by atoms with E-state index in [1.54, 1.807) is 31.4 Å². The van der Waals surface area contributed by atoms with Gasteiger partial charge in [0.25, 0.3) is 0 Å². The summed E-state index contributed by atoms with van der Waals surface area (Å²) in [6.45, 7) is 1.24. The van der Waals surface area contributed by atoms with Crippen molar-refractivity contribution in [3.05, 3.63) is 54.3 Å². The highest BCUT2D eigenvalue weighted by Gasteiger charge is 2.16. The fourth-order valence-electron chi connectivity index (χ4n) is 2.02. The highest BCUT2D eigenvalue weighted by molar-refractivity contribution is 6.01. The van der Waals surface area contributed by atoms with Crippen molar-refractivity contribution in [2.24, 2.45) is 0 Å². The Labute approximate surface area is 133 Å². The second-order valence-electron chi connectivity index (χ2n) is 4.86. The van der Waals surface area contributed by atoms with Crippen LogP contribution in [0.4, 0.5) is 15.8 Å². The standard InChI is InChI=1S/C17H17FN2O3/c1-12(21)20(15-7-9-16(23-2)10-8-15)11-17(22)19-14-5-3-13(18)4-6-14/h3-10H,11H2,1-2H3,(H,19,22). The third kappa shape index (κ3) is 4.54. The van der Waals surface area contributed by atoms with E-state index in [2.05, 4.69) is 5.32 Å². The molecule has 1 N–H and O–H groups in total. The van der Waals surface area contributed by atoms with E-state index >= 15 is 0 Å². The number of hydrogen-bond acceptors (Lipinski definition) is 3. The minimum absolute atomic E-state index is 0.140. The van der Waals surface area contributed by atoms with Crippen molar-refractivity contribution < 1.29 is 18.7 Å². The van der Waals surface area contributed by atoms with Crippen LogP contribution in [0.3, 0.4) is 0 Å². The van der Waals surface area contributed by atoms with Gasteiger partial charge in [-0.25, -0.2) is 4.39 Å². The van der Waals surface area contributed by atoms with Crippen LogP contribution in [0.1, 0.15) is 6.92 Å². The Hall–Kier alpha value is -2.89. The van der Waals surface area contributed by atoms with Crippen LogP contribution in [0.15, 0.2) is 48.5 Å². The Balaban J connectivity index is 2.07. The van der Waals surface area contributed by atoms with E-state index in [0.717, 1.165) is 0 Å². The van der Waals surface area contributed by atoms with E-state index < -0.39 is 0 Å². The Morgan fingerprint density at radius 1 is 1.09 bits per heavy atom. The maximum atomic E-state index is 12.8. The molecule has 0 radical (unpaired) electrons. The van der Waals surface area contributed by atoms with E-state index in [0.29, 0.717) is 17.1 Å². The molecule has 0 aliphatic heterocycles. The average molecular weight is 316 g/mol. The fourth-order valence-corrected chi connectivity index (χ4v) is 2.02. The second-order valence-corrected chi connectivity index (χ2v) is 4.86. The van der Waals surface area contributed by atoms with E-state index in [1.165, 1.54) is 36.1 Å². The van der Waals surface area contributed by atoms with Crippen LogP contribution in [0.5, 0.6) is 5.75 Å². The summed E-state index contributed by atoms with van der Waals surface area (Å²) in [5.41, 5.74) is 1.06. The van der Waals surface area contributed by atoms with Crippen molar-refractivity contribution in [3.63, 3.8) is 0 Å². The Bertz CT molecular complexity index is 684. The first kappa shape index (κ1) is 16.5. The monoisotopic (exact) mass is 316 g/mol. The molecule has 0 aliphatic carbocycles. The largest absolute Gasteiger partial charge is 0.497 e. The normalized spacial score (nSPS) is 10.0.